The molecule has 0 aliphatic heterocycles. The molecule has 0 fully saturated rings. The number of nitrogens with zero attached hydrogens (tertiary/aromatic N) is 3. The molecule has 0 aliphatic rings. The van der Waals surface area contributed by atoms with Gasteiger partial charge in [0.25, 0.3) is 11.6 Å². The van der Waals surface area contributed by atoms with E-state index in [9.17, 15) is 20.2 Å². The lowest BCUT2D eigenvalue weighted by molar-refractivity contribution is -0.384. The van der Waals surface area contributed by atoms with E-state index in [0.29, 0.717) is 17.1 Å². The van der Waals surface area contributed by atoms with Gasteiger partial charge in [-0.3, -0.25) is 14.9 Å². The molecule has 0 unspecified atom stereocenters. The quantitative estimate of drug-likeness (QED) is 0.315. The topological polar surface area (TPSA) is 135 Å². The second kappa shape index (κ2) is 7.37. The van der Waals surface area contributed by atoms with Crippen LogP contribution in [0.5, 0.6) is 0 Å². The number of carbonyl (C=O) groups excluding carboxylic acids is 1. The van der Waals surface area contributed by atoms with E-state index in [0.717, 1.165) is 0 Å². The summed E-state index contributed by atoms with van der Waals surface area (Å²) < 4.78 is 10.4. The van der Waals surface area contributed by atoms with Crippen LogP contribution in [-0.2, 0) is 4.79 Å². The first-order valence-electron chi connectivity index (χ1n) is 7.67. The van der Waals surface area contributed by atoms with Crippen LogP contribution < -0.4 is 5.32 Å². The molecule has 0 aliphatic carbocycles. The molecule has 1 aromatic carbocycles. The Morgan fingerprint density at radius 3 is 2.81 bits per heavy atom. The maximum atomic E-state index is 12.2. The van der Waals surface area contributed by atoms with Gasteiger partial charge in [0.15, 0.2) is 5.82 Å². The minimum atomic E-state index is -0.668. The molecule has 3 rings (SSSR count). The van der Waals surface area contributed by atoms with Crippen molar-refractivity contribution < 1.29 is 18.7 Å². The number of rotatable bonds is 5. The highest BCUT2D eigenvalue weighted by atomic mass is 16.6. The number of anilines is 1. The first-order valence-corrected chi connectivity index (χ1v) is 7.67. The molecule has 0 spiro atoms. The van der Waals surface area contributed by atoms with Crippen molar-refractivity contribution >= 4 is 23.5 Å². The molecule has 0 radical (unpaired) electrons. The third-order valence-electron chi connectivity index (χ3n) is 3.49. The van der Waals surface area contributed by atoms with Crippen molar-refractivity contribution in [3.63, 3.8) is 0 Å². The average molecular weight is 364 g/mol. The van der Waals surface area contributed by atoms with Gasteiger partial charge in [-0.1, -0.05) is 17.3 Å². The van der Waals surface area contributed by atoms with Crippen LogP contribution in [0.15, 0.2) is 57.0 Å². The minimum absolute atomic E-state index is 0.0685. The van der Waals surface area contributed by atoms with Gasteiger partial charge in [0.2, 0.25) is 0 Å². The zero-order valence-electron chi connectivity index (χ0n) is 14.0. The van der Waals surface area contributed by atoms with Crippen LogP contribution in [0.3, 0.4) is 0 Å². The van der Waals surface area contributed by atoms with Gasteiger partial charge >= 0.3 is 0 Å². The van der Waals surface area contributed by atoms with Crippen LogP contribution in [0.1, 0.15) is 11.5 Å². The monoisotopic (exact) mass is 364 g/mol. The number of hydrogen-bond acceptors (Lipinski definition) is 7. The highest BCUT2D eigenvalue weighted by molar-refractivity contribution is 6.09. The van der Waals surface area contributed by atoms with Crippen molar-refractivity contribution in [1.29, 1.82) is 5.26 Å². The van der Waals surface area contributed by atoms with Gasteiger partial charge in [0.1, 0.15) is 28.9 Å². The van der Waals surface area contributed by atoms with Crippen molar-refractivity contribution in [2.24, 2.45) is 0 Å². The normalized spacial score (nSPS) is 11.0. The summed E-state index contributed by atoms with van der Waals surface area (Å²) in [6, 6.07) is 12.4. The summed E-state index contributed by atoms with van der Waals surface area (Å²) in [5.74, 6) is 0.657. The molecule has 9 heteroatoms. The van der Waals surface area contributed by atoms with Crippen LogP contribution in [0.4, 0.5) is 11.5 Å². The number of hydrogen-bond donors (Lipinski definition) is 1. The maximum absolute atomic E-state index is 12.2. The number of benzene rings is 1. The van der Waals surface area contributed by atoms with Crippen LogP contribution in [-0.4, -0.2) is 16.0 Å². The Labute approximate surface area is 152 Å². The SMILES string of the molecule is Cc1cc(NC(=O)C(C#N)=Cc2ccc(-c3cccc([N+](=O)[O-])c3)o2)no1. The van der Waals surface area contributed by atoms with E-state index in [4.69, 9.17) is 8.94 Å². The molecular weight excluding hydrogens is 352 g/mol. The molecule has 0 saturated carbocycles. The summed E-state index contributed by atoms with van der Waals surface area (Å²) in [6.45, 7) is 1.67. The number of nitrogens with one attached hydrogen (secondary N) is 1. The summed E-state index contributed by atoms with van der Waals surface area (Å²) in [6.07, 6.45) is 1.27. The summed E-state index contributed by atoms with van der Waals surface area (Å²) in [4.78, 5) is 22.5. The lowest BCUT2D eigenvalue weighted by atomic mass is 10.1. The number of aromatic nitrogens is 1. The van der Waals surface area contributed by atoms with E-state index in [-0.39, 0.29) is 22.8 Å². The highest BCUT2D eigenvalue weighted by Gasteiger charge is 2.14. The zero-order valence-corrected chi connectivity index (χ0v) is 14.0. The Kier molecular flexibility index (Phi) is 4.81. The molecule has 2 aromatic heterocycles. The molecule has 0 atom stereocenters. The Hall–Kier alpha value is -4.19. The number of aryl methyl sites for hydroxylation is 1. The smallest absolute Gasteiger partial charge is 0.270 e. The van der Waals surface area contributed by atoms with E-state index in [1.165, 1.54) is 24.3 Å². The first-order chi connectivity index (χ1) is 13.0. The molecular formula is C18H12N4O5. The van der Waals surface area contributed by atoms with Gasteiger partial charge < -0.3 is 14.3 Å². The van der Waals surface area contributed by atoms with Crippen LogP contribution in [0.2, 0.25) is 0 Å². The van der Waals surface area contributed by atoms with E-state index in [2.05, 4.69) is 10.5 Å². The van der Waals surface area contributed by atoms with Crippen molar-refractivity contribution in [3.05, 3.63) is 69.7 Å². The predicted octanol–water partition coefficient (Wildman–Crippen LogP) is 3.70. The number of nitriles is 1. The predicted molar refractivity (Wildman–Crippen MR) is 94.3 cm³/mol. The fourth-order valence-corrected chi connectivity index (χ4v) is 2.26. The van der Waals surface area contributed by atoms with Gasteiger partial charge in [0, 0.05) is 29.8 Å². The molecule has 1 N–H and O–H groups in total. The van der Waals surface area contributed by atoms with Gasteiger partial charge in [0.05, 0.1) is 4.92 Å². The lowest BCUT2D eigenvalue weighted by Crippen LogP contribution is -2.13. The zero-order chi connectivity index (χ0) is 19.4. The second-order valence-corrected chi connectivity index (χ2v) is 5.46. The van der Waals surface area contributed by atoms with E-state index in [1.54, 1.807) is 37.3 Å². The minimum Gasteiger partial charge on any atom is -0.457 e. The van der Waals surface area contributed by atoms with E-state index < -0.39 is 10.8 Å². The molecule has 0 bridgehead atoms. The standard InChI is InChI=1S/C18H12N4O5/c1-11-7-17(21-27-11)20-18(23)13(10-19)9-15-5-6-16(26-15)12-3-2-4-14(8-12)22(24)25/h2-9H,1H3,(H,20,21,23). The first kappa shape index (κ1) is 17.6. The molecule has 9 nitrogen and oxygen atoms in total. The number of furan rings is 1. The number of nitro groups is 1. The Morgan fingerprint density at radius 2 is 2.15 bits per heavy atom. The van der Waals surface area contributed by atoms with Crippen LogP contribution >= 0.6 is 0 Å². The van der Waals surface area contributed by atoms with Crippen molar-refractivity contribution in [2.45, 2.75) is 6.92 Å². The largest absolute Gasteiger partial charge is 0.457 e. The van der Waals surface area contributed by atoms with E-state index >= 15 is 0 Å². The molecule has 0 saturated heterocycles. The Bertz CT molecular complexity index is 1090. The maximum Gasteiger partial charge on any atom is 0.270 e. The fourth-order valence-electron chi connectivity index (χ4n) is 2.26. The Morgan fingerprint density at radius 1 is 1.33 bits per heavy atom. The highest BCUT2D eigenvalue weighted by Crippen LogP contribution is 2.26. The molecule has 2 heterocycles. The molecule has 1 amide bonds. The number of amides is 1. The molecule has 3 aromatic rings. The summed E-state index contributed by atoms with van der Waals surface area (Å²) in [5, 5.41) is 26.2. The van der Waals surface area contributed by atoms with Crippen LogP contribution in [0, 0.1) is 28.4 Å². The summed E-state index contributed by atoms with van der Waals surface area (Å²) in [7, 11) is 0. The van der Waals surface area contributed by atoms with Gasteiger partial charge in [-0.05, 0) is 19.1 Å². The van der Waals surface area contributed by atoms with E-state index in [1.807, 2.05) is 0 Å². The van der Waals surface area contributed by atoms with Gasteiger partial charge in [-0.25, -0.2) is 0 Å². The Balaban J connectivity index is 1.82. The third kappa shape index (κ3) is 4.08. The fraction of sp³-hybridized carbons (Fsp3) is 0.0556. The van der Waals surface area contributed by atoms with Crippen molar-refractivity contribution in [3.8, 4) is 17.4 Å². The molecule has 134 valence electrons. The molecule has 27 heavy (non-hydrogen) atoms. The number of non-ortho nitro benzene ring substituents is 1. The number of nitro benzene ring substituents is 1. The van der Waals surface area contributed by atoms with Gasteiger partial charge in [-0.2, -0.15) is 5.26 Å². The van der Waals surface area contributed by atoms with Crippen molar-refractivity contribution in [2.75, 3.05) is 5.32 Å². The third-order valence-corrected chi connectivity index (χ3v) is 3.49. The van der Waals surface area contributed by atoms with Crippen molar-refractivity contribution in [1.82, 2.24) is 5.16 Å². The number of carbonyl (C=O) groups is 1. The summed E-state index contributed by atoms with van der Waals surface area (Å²) >= 11 is 0. The summed E-state index contributed by atoms with van der Waals surface area (Å²) in [5.41, 5.74) is 0.237. The van der Waals surface area contributed by atoms with Gasteiger partial charge in [-0.15, -0.1) is 0 Å². The second-order valence-electron chi connectivity index (χ2n) is 5.46. The average Bonchev–Trinajstić information content (AvgIpc) is 3.28. The van der Waals surface area contributed by atoms with Crippen LogP contribution in [0.25, 0.3) is 17.4 Å². The lowest BCUT2D eigenvalue weighted by Gasteiger charge is -1.99.